The van der Waals surface area contributed by atoms with E-state index in [1.54, 1.807) is 26.2 Å². The minimum Gasteiger partial charge on any atom is -0.380 e. The highest BCUT2D eigenvalue weighted by molar-refractivity contribution is 7.92. The molecule has 1 aliphatic heterocycles. The molecule has 0 aromatic heterocycles. The normalized spacial score (nSPS) is 19.7. The Morgan fingerprint density at radius 3 is 2.58 bits per heavy atom. The topological polar surface area (TPSA) is 58.6 Å². The smallest absolute Gasteiger partial charge is 0.232 e. The van der Waals surface area contributed by atoms with Crippen LogP contribution in [-0.4, -0.2) is 40.5 Å². The highest BCUT2D eigenvalue weighted by atomic mass is 32.2. The standard InChI is InChI=1S/C13H20N2O3S/c1-3-19(16,17)14-11-4-6-12(7-5-11)15-9-8-13(10-15)18-2/h4-7,13-14H,3,8-10H2,1-2H3/t13-/m0/s1. The first kappa shape index (κ1) is 14.1. The van der Waals surface area contributed by atoms with Gasteiger partial charge in [0.25, 0.3) is 0 Å². The van der Waals surface area contributed by atoms with Gasteiger partial charge in [-0.25, -0.2) is 8.42 Å². The number of nitrogens with one attached hydrogen (secondary N) is 1. The van der Waals surface area contributed by atoms with Crippen LogP contribution in [0.3, 0.4) is 0 Å². The minimum atomic E-state index is -3.20. The van der Waals surface area contributed by atoms with Gasteiger partial charge in [-0.05, 0) is 37.6 Å². The van der Waals surface area contributed by atoms with Crippen molar-refractivity contribution in [3.05, 3.63) is 24.3 Å². The Morgan fingerprint density at radius 2 is 2.05 bits per heavy atom. The molecule has 6 heteroatoms. The van der Waals surface area contributed by atoms with Crippen LogP contribution < -0.4 is 9.62 Å². The average molecular weight is 284 g/mol. The molecule has 1 atom stereocenters. The fourth-order valence-electron chi connectivity index (χ4n) is 2.15. The molecule has 1 heterocycles. The highest BCUT2D eigenvalue weighted by Gasteiger charge is 2.22. The Kier molecular flexibility index (Phi) is 4.31. The minimum absolute atomic E-state index is 0.0798. The molecule has 0 aliphatic carbocycles. The number of anilines is 2. The Bertz CT molecular complexity index is 513. The van der Waals surface area contributed by atoms with E-state index in [0.717, 1.165) is 25.2 Å². The number of sulfonamides is 1. The van der Waals surface area contributed by atoms with Crippen molar-refractivity contribution in [3.8, 4) is 0 Å². The van der Waals surface area contributed by atoms with Crippen molar-refractivity contribution in [3.63, 3.8) is 0 Å². The molecule has 1 aromatic carbocycles. The summed E-state index contributed by atoms with van der Waals surface area (Å²) in [6.45, 7) is 3.47. The van der Waals surface area contributed by atoms with Gasteiger partial charge in [0, 0.05) is 31.6 Å². The van der Waals surface area contributed by atoms with E-state index in [1.165, 1.54) is 0 Å². The zero-order valence-corrected chi connectivity index (χ0v) is 12.1. The van der Waals surface area contributed by atoms with Crippen molar-refractivity contribution in [2.24, 2.45) is 0 Å². The summed E-state index contributed by atoms with van der Waals surface area (Å²) in [5.41, 5.74) is 1.70. The van der Waals surface area contributed by atoms with Crippen LogP contribution in [0.25, 0.3) is 0 Å². The van der Waals surface area contributed by atoms with E-state index in [4.69, 9.17) is 4.74 Å². The quantitative estimate of drug-likeness (QED) is 0.893. The van der Waals surface area contributed by atoms with Crippen molar-refractivity contribution in [2.45, 2.75) is 19.4 Å². The van der Waals surface area contributed by atoms with E-state index in [9.17, 15) is 8.42 Å². The fraction of sp³-hybridized carbons (Fsp3) is 0.538. The summed E-state index contributed by atoms with van der Waals surface area (Å²) in [4.78, 5) is 2.24. The number of nitrogens with zero attached hydrogens (tertiary/aromatic N) is 1. The lowest BCUT2D eigenvalue weighted by molar-refractivity contribution is 0.121. The number of methoxy groups -OCH3 is 1. The van der Waals surface area contributed by atoms with E-state index < -0.39 is 10.0 Å². The molecular weight excluding hydrogens is 264 g/mol. The van der Waals surface area contributed by atoms with Gasteiger partial charge in [-0.15, -0.1) is 0 Å². The van der Waals surface area contributed by atoms with E-state index in [-0.39, 0.29) is 5.75 Å². The third kappa shape index (κ3) is 3.61. The Morgan fingerprint density at radius 1 is 1.37 bits per heavy atom. The summed E-state index contributed by atoms with van der Waals surface area (Å²) >= 11 is 0. The summed E-state index contributed by atoms with van der Waals surface area (Å²) in [5, 5.41) is 0. The summed E-state index contributed by atoms with van der Waals surface area (Å²) in [6, 6.07) is 7.46. The van der Waals surface area contributed by atoms with Crippen LogP contribution in [0.4, 0.5) is 11.4 Å². The molecule has 5 nitrogen and oxygen atoms in total. The Hall–Kier alpha value is -1.27. The number of hydrogen-bond donors (Lipinski definition) is 1. The zero-order chi connectivity index (χ0) is 13.9. The monoisotopic (exact) mass is 284 g/mol. The van der Waals surface area contributed by atoms with Crippen LogP contribution in [0.2, 0.25) is 0 Å². The molecule has 1 aliphatic rings. The first-order chi connectivity index (χ1) is 9.04. The van der Waals surface area contributed by atoms with E-state index in [0.29, 0.717) is 11.8 Å². The number of benzene rings is 1. The molecule has 0 unspecified atom stereocenters. The largest absolute Gasteiger partial charge is 0.380 e. The second-order valence-corrected chi connectivity index (χ2v) is 6.66. The molecule has 0 radical (unpaired) electrons. The van der Waals surface area contributed by atoms with Crippen LogP contribution in [-0.2, 0) is 14.8 Å². The van der Waals surface area contributed by atoms with Crippen LogP contribution in [0.1, 0.15) is 13.3 Å². The molecule has 1 saturated heterocycles. The molecule has 19 heavy (non-hydrogen) atoms. The highest BCUT2D eigenvalue weighted by Crippen LogP contribution is 2.23. The SMILES string of the molecule is CCS(=O)(=O)Nc1ccc(N2CC[C@H](OC)C2)cc1. The summed E-state index contributed by atoms with van der Waals surface area (Å²) in [5.74, 6) is 0.0798. The van der Waals surface area contributed by atoms with Crippen molar-refractivity contribution in [1.29, 1.82) is 0 Å². The van der Waals surface area contributed by atoms with Crippen LogP contribution >= 0.6 is 0 Å². The lowest BCUT2D eigenvalue weighted by atomic mass is 10.2. The number of rotatable bonds is 5. The molecule has 0 spiro atoms. The summed E-state index contributed by atoms with van der Waals surface area (Å²) in [7, 11) is -1.47. The van der Waals surface area contributed by atoms with Crippen molar-refractivity contribution in [1.82, 2.24) is 0 Å². The Balaban J connectivity index is 2.03. The van der Waals surface area contributed by atoms with E-state index in [2.05, 4.69) is 9.62 Å². The van der Waals surface area contributed by atoms with Crippen molar-refractivity contribution >= 4 is 21.4 Å². The molecule has 2 rings (SSSR count). The van der Waals surface area contributed by atoms with Crippen LogP contribution in [0.15, 0.2) is 24.3 Å². The van der Waals surface area contributed by atoms with Crippen molar-refractivity contribution in [2.75, 3.05) is 35.6 Å². The summed E-state index contributed by atoms with van der Waals surface area (Å²) < 4.78 is 30.8. The molecule has 0 amide bonds. The Labute approximate surface area is 114 Å². The molecule has 0 saturated carbocycles. The van der Waals surface area contributed by atoms with Gasteiger partial charge in [0.15, 0.2) is 0 Å². The molecule has 0 bridgehead atoms. The first-order valence-electron chi connectivity index (χ1n) is 6.42. The lowest BCUT2D eigenvalue weighted by Gasteiger charge is -2.18. The fourth-order valence-corrected chi connectivity index (χ4v) is 2.79. The first-order valence-corrected chi connectivity index (χ1v) is 8.07. The average Bonchev–Trinajstić information content (AvgIpc) is 2.88. The number of hydrogen-bond acceptors (Lipinski definition) is 4. The van der Waals surface area contributed by atoms with E-state index in [1.807, 2.05) is 12.1 Å². The second kappa shape index (κ2) is 5.79. The van der Waals surface area contributed by atoms with Gasteiger partial charge < -0.3 is 9.64 Å². The second-order valence-electron chi connectivity index (χ2n) is 4.64. The van der Waals surface area contributed by atoms with Gasteiger partial charge >= 0.3 is 0 Å². The van der Waals surface area contributed by atoms with Gasteiger partial charge in [-0.1, -0.05) is 0 Å². The number of ether oxygens (including phenoxy) is 1. The molecule has 1 N–H and O–H groups in total. The maximum Gasteiger partial charge on any atom is 0.232 e. The summed E-state index contributed by atoms with van der Waals surface area (Å²) in [6.07, 6.45) is 1.32. The van der Waals surface area contributed by atoms with Gasteiger partial charge in [-0.2, -0.15) is 0 Å². The lowest BCUT2D eigenvalue weighted by Crippen LogP contribution is -2.22. The maximum absolute atomic E-state index is 11.5. The van der Waals surface area contributed by atoms with Gasteiger partial charge in [0.1, 0.15) is 0 Å². The van der Waals surface area contributed by atoms with Crippen LogP contribution in [0.5, 0.6) is 0 Å². The third-order valence-corrected chi connectivity index (χ3v) is 4.67. The van der Waals surface area contributed by atoms with Gasteiger partial charge in [0.05, 0.1) is 11.9 Å². The molecular formula is C13H20N2O3S. The third-order valence-electron chi connectivity index (χ3n) is 3.36. The predicted octanol–water partition coefficient (Wildman–Crippen LogP) is 1.67. The molecule has 1 fully saturated rings. The van der Waals surface area contributed by atoms with Gasteiger partial charge in [-0.3, -0.25) is 4.72 Å². The van der Waals surface area contributed by atoms with Gasteiger partial charge in [0.2, 0.25) is 10.0 Å². The van der Waals surface area contributed by atoms with Crippen LogP contribution in [0, 0.1) is 0 Å². The predicted molar refractivity (Wildman–Crippen MR) is 77.2 cm³/mol. The molecule has 106 valence electrons. The zero-order valence-electron chi connectivity index (χ0n) is 11.3. The molecule has 1 aromatic rings. The van der Waals surface area contributed by atoms with Crippen molar-refractivity contribution < 1.29 is 13.2 Å². The van der Waals surface area contributed by atoms with E-state index >= 15 is 0 Å². The maximum atomic E-state index is 11.5.